The van der Waals surface area contributed by atoms with Gasteiger partial charge in [-0.15, -0.1) is 0 Å². The number of nitrogen functional groups attached to an aromatic ring is 1. The summed E-state index contributed by atoms with van der Waals surface area (Å²) in [7, 11) is 0. The molecule has 1 heterocycles. The number of rotatable bonds is 5. The average Bonchev–Trinajstić information content (AvgIpc) is 2.49. The van der Waals surface area contributed by atoms with Crippen molar-refractivity contribution in [1.82, 2.24) is 4.98 Å². The molecule has 1 amide bonds. The number of hydrogen-bond donors (Lipinski definition) is 1. The van der Waals surface area contributed by atoms with Crippen LogP contribution in [-0.2, 0) is 11.2 Å². The van der Waals surface area contributed by atoms with Crippen molar-refractivity contribution in [3.63, 3.8) is 0 Å². The van der Waals surface area contributed by atoms with Crippen molar-refractivity contribution < 1.29 is 4.79 Å². The summed E-state index contributed by atoms with van der Waals surface area (Å²) < 4.78 is 0. The van der Waals surface area contributed by atoms with E-state index in [1.807, 2.05) is 37.3 Å². The first-order valence-corrected chi connectivity index (χ1v) is 6.76. The van der Waals surface area contributed by atoms with Crippen LogP contribution in [0.25, 0.3) is 0 Å². The molecule has 0 unspecified atom stereocenters. The average molecular weight is 269 g/mol. The number of nitrogens with two attached hydrogens (primary N) is 1. The molecule has 0 bridgehead atoms. The summed E-state index contributed by atoms with van der Waals surface area (Å²) >= 11 is 0. The maximum absolute atomic E-state index is 12.3. The fourth-order valence-corrected chi connectivity index (χ4v) is 2.05. The lowest BCUT2D eigenvalue weighted by molar-refractivity contribution is -0.118. The van der Waals surface area contributed by atoms with E-state index in [0.717, 1.165) is 6.42 Å². The SMILES string of the molecule is CCN(C(=O)CCc1ccccc1)c1ccc(N)cn1. The van der Waals surface area contributed by atoms with Crippen molar-refractivity contribution in [2.45, 2.75) is 19.8 Å². The Bertz CT molecular complexity index is 552. The highest BCUT2D eigenvalue weighted by molar-refractivity contribution is 5.92. The molecule has 1 aromatic heterocycles. The van der Waals surface area contributed by atoms with Crippen LogP contribution in [0.1, 0.15) is 18.9 Å². The zero-order valence-electron chi connectivity index (χ0n) is 11.6. The first-order chi connectivity index (χ1) is 9.70. The second-order valence-electron chi connectivity index (χ2n) is 4.57. The standard InChI is InChI=1S/C16H19N3O/c1-2-19(15-10-9-14(17)12-18-15)16(20)11-8-13-6-4-3-5-7-13/h3-7,9-10,12H,2,8,11,17H2,1H3. The summed E-state index contributed by atoms with van der Waals surface area (Å²) in [4.78, 5) is 18.2. The second-order valence-corrected chi connectivity index (χ2v) is 4.57. The Morgan fingerprint density at radius 1 is 1.20 bits per heavy atom. The minimum atomic E-state index is 0.0774. The third-order valence-electron chi connectivity index (χ3n) is 3.13. The Balaban J connectivity index is 2.00. The summed E-state index contributed by atoms with van der Waals surface area (Å²) in [6.45, 7) is 2.54. The molecule has 2 aromatic rings. The van der Waals surface area contributed by atoms with Crippen LogP contribution in [0.3, 0.4) is 0 Å². The smallest absolute Gasteiger partial charge is 0.228 e. The molecule has 0 aliphatic carbocycles. The number of hydrogen-bond acceptors (Lipinski definition) is 3. The largest absolute Gasteiger partial charge is 0.397 e. The lowest BCUT2D eigenvalue weighted by atomic mass is 10.1. The van der Waals surface area contributed by atoms with E-state index in [9.17, 15) is 4.79 Å². The van der Waals surface area contributed by atoms with Gasteiger partial charge >= 0.3 is 0 Å². The Kier molecular flexibility index (Phi) is 4.71. The predicted molar refractivity (Wildman–Crippen MR) is 81.4 cm³/mol. The van der Waals surface area contributed by atoms with E-state index in [4.69, 9.17) is 5.73 Å². The van der Waals surface area contributed by atoms with Gasteiger partial charge in [0.05, 0.1) is 11.9 Å². The number of amides is 1. The maximum atomic E-state index is 12.3. The monoisotopic (exact) mass is 269 g/mol. The fourth-order valence-electron chi connectivity index (χ4n) is 2.05. The second kappa shape index (κ2) is 6.70. The number of nitrogens with zero attached hydrogens (tertiary/aromatic N) is 2. The summed E-state index contributed by atoms with van der Waals surface area (Å²) in [5, 5.41) is 0. The fraction of sp³-hybridized carbons (Fsp3) is 0.250. The Hall–Kier alpha value is -2.36. The van der Waals surface area contributed by atoms with E-state index in [2.05, 4.69) is 4.98 Å². The molecule has 1 aromatic carbocycles. The number of aromatic nitrogens is 1. The highest BCUT2D eigenvalue weighted by atomic mass is 16.2. The third-order valence-corrected chi connectivity index (χ3v) is 3.13. The molecular formula is C16H19N3O. The van der Waals surface area contributed by atoms with Gasteiger partial charge < -0.3 is 5.73 Å². The van der Waals surface area contributed by atoms with Crippen molar-refractivity contribution in [3.05, 3.63) is 54.2 Å². The van der Waals surface area contributed by atoms with Gasteiger partial charge in [-0.05, 0) is 31.0 Å². The molecule has 20 heavy (non-hydrogen) atoms. The van der Waals surface area contributed by atoms with Gasteiger partial charge in [0.2, 0.25) is 5.91 Å². The summed E-state index contributed by atoms with van der Waals surface area (Å²) in [6.07, 6.45) is 2.79. The number of aryl methyl sites for hydroxylation is 1. The van der Waals surface area contributed by atoms with E-state index >= 15 is 0 Å². The normalized spacial score (nSPS) is 10.2. The predicted octanol–water partition coefficient (Wildman–Crippen LogP) is 2.65. The Morgan fingerprint density at radius 2 is 1.95 bits per heavy atom. The molecule has 0 atom stereocenters. The van der Waals surface area contributed by atoms with Crippen LogP contribution in [0.2, 0.25) is 0 Å². The molecule has 4 nitrogen and oxygen atoms in total. The summed E-state index contributed by atoms with van der Waals surface area (Å²) in [5.41, 5.74) is 7.38. The first kappa shape index (κ1) is 14.1. The van der Waals surface area contributed by atoms with Crippen LogP contribution in [0.4, 0.5) is 11.5 Å². The van der Waals surface area contributed by atoms with Gasteiger partial charge in [0, 0.05) is 13.0 Å². The summed E-state index contributed by atoms with van der Waals surface area (Å²) in [6, 6.07) is 13.5. The number of benzene rings is 1. The van der Waals surface area contributed by atoms with Crippen molar-refractivity contribution in [3.8, 4) is 0 Å². The van der Waals surface area contributed by atoms with Crippen LogP contribution in [-0.4, -0.2) is 17.4 Å². The quantitative estimate of drug-likeness (QED) is 0.907. The van der Waals surface area contributed by atoms with Crippen molar-refractivity contribution in [2.75, 3.05) is 17.2 Å². The van der Waals surface area contributed by atoms with Gasteiger partial charge in [-0.2, -0.15) is 0 Å². The molecule has 104 valence electrons. The van der Waals surface area contributed by atoms with Gasteiger partial charge in [-0.1, -0.05) is 30.3 Å². The van der Waals surface area contributed by atoms with Gasteiger partial charge in [-0.25, -0.2) is 4.98 Å². The molecule has 0 radical (unpaired) electrons. The number of carbonyl (C=O) groups is 1. The molecule has 0 aliphatic rings. The minimum absolute atomic E-state index is 0.0774. The summed E-state index contributed by atoms with van der Waals surface area (Å²) in [5.74, 6) is 0.730. The van der Waals surface area contributed by atoms with E-state index < -0.39 is 0 Å². The van der Waals surface area contributed by atoms with Crippen LogP contribution in [0.5, 0.6) is 0 Å². The zero-order valence-corrected chi connectivity index (χ0v) is 11.6. The van der Waals surface area contributed by atoms with Crippen LogP contribution < -0.4 is 10.6 Å². The molecule has 0 spiro atoms. The molecule has 4 heteroatoms. The number of carbonyl (C=O) groups excluding carboxylic acids is 1. The van der Waals surface area contributed by atoms with Crippen molar-refractivity contribution >= 4 is 17.4 Å². The van der Waals surface area contributed by atoms with E-state index in [0.29, 0.717) is 24.5 Å². The third kappa shape index (κ3) is 3.57. The molecule has 0 saturated carbocycles. The van der Waals surface area contributed by atoms with Gasteiger partial charge in [0.15, 0.2) is 0 Å². The maximum Gasteiger partial charge on any atom is 0.228 e. The zero-order chi connectivity index (χ0) is 14.4. The minimum Gasteiger partial charge on any atom is -0.397 e. The van der Waals surface area contributed by atoms with Gasteiger partial charge in [0.1, 0.15) is 5.82 Å². The molecular weight excluding hydrogens is 250 g/mol. The van der Waals surface area contributed by atoms with Crippen LogP contribution in [0.15, 0.2) is 48.7 Å². The van der Waals surface area contributed by atoms with Crippen molar-refractivity contribution in [2.24, 2.45) is 0 Å². The van der Waals surface area contributed by atoms with Crippen LogP contribution in [0, 0.1) is 0 Å². The molecule has 0 saturated heterocycles. The highest BCUT2D eigenvalue weighted by Crippen LogP contribution is 2.14. The lowest BCUT2D eigenvalue weighted by Crippen LogP contribution is -2.31. The Labute approximate surface area is 119 Å². The van der Waals surface area contributed by atoms with Crippen molar-refractivity contribution in [1.29, 1.82) is 0 Å². The topological polar surface area (TPSA) is 59.2 Å². The highest BCUT2D eigenvalue weighted by Gasteiger charge is 2.14. The van der Waals surface area contributed by atoms with E-state index in [1.54, 1.807) is 23.2 Å². The van der Waals surface area contributed by atoms with Crippen LogP contribution >= 0.6 is 0 Å². The molecule has 2 N–H and O–H groups in total. The molecule has 0 aliphatic heterocycles. The van der Waals surface area contributed by atoms with Gasteiger partial charge in [-0.3, -0.25) is 9.69 Å². The number of anilines is 2. The van der Waals surface area contributed by atoms with E-state index in [1.165, 1.54) is 5.56 Å². The van der Waals surface area contributed by atoms with E-state index in [-0.39, 0.29) is 5.91 Å². The first-order valence-electron chi connectivity index (χ1n) is 6.76. The lowest BCUT2D eigenvalue weighted by Gasteiger charge is -2.20. The van der Waals surface area contributed by atoms with Gasteiger partial charge in [0.25, 0.3) is 0 Å². The number of pyridine rings is 1. The molecule has 2 rings (SSSR count). The molecule has 0 fully saturated rings. The Morgan fingerprint density at radius 3 is 2.55 bits per heavy atom.